The van der Waals surface area contributed by atoms with E-state index in [0.717, 1.165) is 12.1 Å². The molecule has 0 aliphatic carbocycles. The predicted octanol–water partition coefficient (Wildman–Crippen LogP) is 1.95. The predicted molar refractivity (Wildman–Crippen MR) is 55.7 cm³/mol. The monoisotopic (exact) mass is 242 g/mol. The van der Waals surface area contributed by atoms with Crippen LogP contribution in [0.5, 0.6) is 0 Å². The molecule has 0 amide bonds. The second kappa shape index (κ2) is 4.07. The van der Waals surface area contributed by atoms with Crippen molar-refractivity contribution in [1.82, 2.24) is 0 Å². The van der Waals surface area contributed by atoms with E-state index in [9.17, 15) is 13.6 Å². The molecule has 0 aromatic heterocycles. The summed E-state index contributed by atoms with van der Waals surface area (Å²) in [4.78, 5) is 11.0. The molecule has 0 bridgehead atoms. The zero-order valence-corrected chi connectivity index (χ0v) is 9.24. The van der Waals surface area contributed by atoms with Gasteiger partial charge in [-0.2, -0.15) is 0 Å². The zero-order valence-electron chi connectivity index (χ0n) is 9.24. The Morgan fingerprint density at radius 3 is 2.47 bits per heavy atom. The minimum Gasteiger partial charge on any atom is -0.481 e. The van der Waals surface area contributed by atoms with E-state index < -0.39 is 28.9 Å². The average Bonchev–Trinajstić information content (AvgIpc) is 2.21. The van der Waals surface area contributed by atoms with Crippen molar-refractivity contribution in [2.24, 2.45) is 5.92 Å². The van der Waals surface area contributed by atoms with E-state index in [1.807, 2.05) is 0 Å². The van der Waals surface area contributed by atoms with Crippen LogP contribution in [0.1, 0.15) is 12.5 Å². The van der Waals surface area contributed by atoms with Crippen LogP contribution in [0.4, 0.5) is 8.78 Å². The Balaban J connectivity index is 2.41. The van der Waals surface area contributed by atoms with Gasteiger partial charge < -0.3 is 9.84 Å². The normalized spacial score (nSPS) is 19.5. The molecule has 17 heavy (non-hydrogen) atoms. The molecule has 1 aromatic carbocycles. The number of hydrogen-bond acceptors (Lipinski definition) is 2. The van der Waals surface area contributed by atoms with Crippen LogP contribution in [0.15, 0.2) is 18.2 Å². The standard InChI is InChI=1S/C12H12F2O3/c1-7(11(15)16)12(5-17-6-12)8-2-3-9(13)10(14)4-8/h2-4,7H,5-6H2,1H3,(H,15,16). The molecule has 1 aromatic rings. The van der Waals surface area contributed by atoms with Gasteiger partial charge >= 0.3 is 5.97 Å². The Kier molecular flexibility index (Phi) is 2.87. The minimum atomic E-state index is -0.974. The summed E-state index contributed by atoms with van der Waals surface area (Å²) in [7, 11) is 0. The molecule has 1 fully saturated rings. The Bertz CT molecular complexity index is 455. The number of carboxylic acid groups (broad SMARTS) is 1. The number of rotatable bonds is 3. The van der Waals surface area contributed by atoms with Crippen LogP contribution >= 0.6 is 0 Å². The Hall–Kier alpha value is -1.49. The van der Waals surface area contributed by atoms with E-state index >= 15 is 0 Å². The molecule has 1 N–H and O–H groups in total. The molecule has 1 aliphatic rings. The molecule has 0 saturated carbocycles. The molecule has 3 nitrogen and oxygen atoms in total. The molecule has 1 heterocycles. The highest BCUT2D eigenvalue weighted by molar-refractivity contribution is 5.72. The van der Waals surface area contributed by atoms with Gasteiger partial charge in [0.25, 0.3) is 0 Å². The Labute approximate surface area is 97.0 Å². The van der Waals surface area contributed by atoms with E-state index in [-0.39, 0.29) is 13.2 Å². The molecule has 0 spiro atoms. The van der Waals surface area contributed by atoms with Crippen LogP contribution in [0.2, 0.25) is 0 Å². The third kappa shape index (κ3) is 1.80. The van der Waals surface area contributed by atoms with E-state index in [1.165, 1.54) is 6.07 Å². The molecule has 0 radical (unpaired) electrons. The van der Waals surface area contributed by atoms with E-state index in [4.69, 9.17) is 9.84 Å². The van der Waals surface area contributed by atoms with Crippen molar-refractivity contribution in [2.75, 3.05) is 13.2 Å². The highest BCUT2D eigenvalue weighted by atomic mass is 19.2. The van der Waals surface area contributed by atoms with Gasteiger partial charge in [-0.15, -0.1) is 0 Å². The van der Waals surface area contributed by atoms with Gasteiger partial charge in [0.15, 0.2) is 11.6 Å². The van der Waals surface area contributed by atoms with Crippen LogP contribution in [0.25, 0.3) is 0 Å². The molecular weight excluding hydrogens is 230 g/mol. The molecular formula is C12H12F2O3. The van der Waals surface area contributed by atoms with Crippen LogP contribution in [0, 0.1) is 17.6 Å². The lowest BCUT2D eigenvalue weighted by Crippen LogP contribution is -2.53. The number of ether oxygens (including phenoxy) is 1. The second-order valence-corrected chi connectivity index (χ2v) is 4.34. The molecule has 1 unspecified atom stereocenters. The highest BCUT2D eigenvalue weighted by Crippen LogP contribution is 2.40. The summed E-state index contributed by atoms with van der Waals surface area (Å²) in [5.74, 6) is -3.59. The summed E-state index contributed by atoms with van der Waals surface area (Å²) >= 11 is 0. The first-order valence-electron chi connectivity index (χ1n) is 5.23. The maximum Gasteiger partial charge on any atom is 0.307 e. The van der Waals surface area contributed by atoms with Crippen LogP contribution < -0.4 is 0 Å². The Morgan fingerprint density at radius 2 is 2.06 bits per heavy atom. The fourth-order valence-corrected chi connectivity index (χ4v) is 2.03. The Morgan fingerprint density at radius 1 is 1.41 bits per heavy atom. The first-order chi connectivity index (χ1) is 7.97. The lowest BCUT2D eigenvalue weighted by atomic mass is 9.69. The summed E-state index contributed by atoms with van der Waals surface area (Å²) in [6.07, 6.45) is 0. The van der Waals surface area contributed by atoms with Crippen molar-refractivity contribution in [2.45, 2.75) is 12.3 Å². The SMILES string of the molecule is CC(C(=O)O)C1(c2ccc(F)c(F)c2)COC1. The number of benzene rings is 1. The maximum atomic E-state index is 13.2. The second-order valence-electron chi connectivity index (χ2n) is 4.34. The van der Waals surface area contributed by atoms with E-state index in [2.05, 4.69) is 0 Å². The first kappa shape index (κ1) is 12.0. The number of hydrogen-bond donors (Lipinski definition) is 1. The van der Waals surface area contributed by atoms with Gasteiger partial charge in [0.05, 0.1) is 24.5 Å². The topological polar surface area (TPSA) is 46.5 Å². The smallest absolute Gasteiger partial charge is 0.307 e. The average molecular weight is 242 g/mol. The number of aliphatic carboxylic acids is 1. The van der Waals surface area contributed by atoms with Crippen LogP contribution in [-0.4, -0.2) is 24.3 Å². The van der Waals surface area contributed by atoms with Crippen molar-refractivity contribution >= 4 is 5.97 Å². The lowest BCUT2D eigenvalue weighted by Gasteiger charge is -2.44. The van der Waals surface area contributed by atoms with Crippen molar-refractivity contribution < 1.29 is 23.4 Å². The highest BCUT2D eigenvalue weighted by Gasteiger charge is 2.48. The van der Waals surface area contributed by atoms with E-state index in [0.29, 0.717) is 5.56 Å². The fraction of sp³-hybridized carbons (Fsp3) is 0.417. The molecule has 92 valence electrons. The summed E-state index contributed by atoms with van der Waals surface area (Å²) in [5, 5.41) is 9.04. The van der Waals surface area contributed by atoms with E-state index in [1.54, 1.807) is 6.92 Å². The number of carboxylic acids is 1. The number of carbonyl (C=O) groups is 1. The third-order valence-corrected chi connectivity index (χ3v) is 3.41. The minimum absolute atomic E-state index is 0.214. The molecule has 1 saturated heterocycles. The lowest BCUT2D eigenvalue weighted by molar-refractivity contribution is -0.155. The molecule has 1 atom stereocenters. The van der Waals surface area contributed by atoms with Gasteiger partial charge in [0.2, 0.25) is 0 Å². The van der Waals surface area contributed by atoms with Crippen LogP contribution in [0.3, 0.4) is 0 Å². The maximum absolute atomic E-state index is 13.2. The largest absolute Gasteiger partial charge is 0.481 e. The van der Waals surface area contributed by atoms with Gasteiger partial charge in [-0.1, -0.05) is 13.0 Å². The molecule has 5 heteroatoms. The molecule has 1 aliphatic heterocycles. The van der Waals surface area contributed by atoms with Crippen molar-refractivity contribution in [3.8, 4) is 0 Å². The van der Waals surface area contributed by atoms with Gasteiger partial charge in [0, 0.05) is 0 Å². The third-order valence-electron chi connectivity index (χ3n) is 3.41. The fourth-order valence-electron chi connectivity index (χ4n) is 2.03. The van der Waals surface area contributed by atoms with Crippen LogP contribution in [-0.2, 0) is 14.9 Å². The summed E-state index contributed by atoms with van der Waals surface area (Å²) in [6.45, 7) is 1.98. The van der Waals surface area contributed by atoms with Crippen molar-refractivity contribution in [3.05, 3.63) is 35.4 Å². The van der Waals surface area contributed by atoms with Gasteiger partial charge in [-0.05, 0) is 17.7 Å². The van der Waals surface area contributed by atoms with Gasteiger partial charge in [-0.25, -0.2) is 8.78 Å². The number of halogens is 2. The summed E-state index contributed by atoms with van der Waals surface area (Å²) in [5.41, 5.74) is -0.280. The summed E-state index contributed by atoms with van der Waals surface area (Å²) < 4.78 is 31.1. The van der Waals surface area contributed by atoms with Crippen molar-refractivity contribution in [3.63, 3.8) is 0 Å². The van der Waals surface area contributed by atoms with Crippen molar-refractivity contribution in [1.29, 1.82) is 0 Å². The quantitative estimate of drug-likeness (QED) is 0.881. The van der Waals surface area contributed by atoms with Gasteiger partial charge in [0.1, 0.15) is 0 Å². The zero-order chi connectivity index (χ0) is 12.6. The first-order valence-corrected chi connectivity index (χ1v) is 5.23. The summed E-state index contributed by atoms with van der Waals surface area (Å²) in [6, 6.07) is 3.48. The molecule has 2 rings (SSSR count). The van der Waals surface area contributed by atoms with Gasteiger partial charge in [-0.3, -0.25) is 4.79 Å².